The molecule has 0 aliphatic carbocycles. The molecule has 2 atom stereocenters. The van der Waals surface area contributed by atoms with Gasteiger partial charge in [0.05, 0.1) is 12.8 Å². The van der Waals surface area contributed by atoms with E-state index in [0.717, 1.165) is 28.7 Å². The second-order valence-electron chi connectivity index (χ2n) is 11.6. The number of rotatable bonds is 7. The molecule has 0 bridgehead atoms. The number of hydroxylamine groups is 2. The minimum atomic E-state index is -1.06. The van der Waals surface area contributed by atoms with E-state index in [1.54, 1.807) is 6.92 Å². The molecule has 1 saturated heterocycles. The monoisotopic (exact) mass is 504 g/mol. The van der Waals surface area contributed by atoms with E-state index < -0.39 is 23.1 Å². The van der Waals surface area contributed by atoms with E-state index in [-0.39, 0.29) is 30.2 Å². The molecule has 3 rings (SSSR count). The van der Waals surface area contributed by atoms with E-state index in [1.165, 1.54) is 5.06 Å². The van der Waals surface area contributed by atoms with Crippen LogP contribution in [-0.2, 0) is 20.8 Å². The van der Waals surface area contributed by atoms with Crippen molar-refractivity contribution in [2.45, 2.75) is 104 Å². The van der Waals surface area contributed by atoms with Gasteiger partial charge in [-0.1, -0.05) is 0 Å². The summed E-state index contributed by atoms with van der Waals surface area (Å²) in [4.78, 5) is 36.3. The number of carboxylic acid groups (broad SMARTS) is 1. The van der Waals surface area contributed by atoms with Gasteiger partial charge in [0.15, 0.2) is 5.60 Å². The minimum absolute atomic E-state index is 0.0746. The minimum Gasteiger partial charge on any atom is -0.481 e. The quantitative estimate of drug-likeness (QED) is 0.378. The standard InChI is InChI=1S/C27H40N2O7/c1-15-16(2)23-19(17(3)22(15)35-21(32)10-9-20(30)31)11-12-27(8,36-23)24(33)28-14-18-13-25(4,5)29(34)26(18,6)7/h18,34H,9-14H2,1-8H3,(H,28,33)(H,30,31). The van der Waals surface area contributed by atoms with Crippen LogP contribution in [-0.4, -0.2) is 56.4 Å². The molecule has 9 nitrogen and oxygen atoms in total. The summed E-state index contributed by atoms with van der Waals surface area (Å²) in [5, 5.41) is 23.9. The first kappa shape index (κ1) is 27.9. The van der Waals surface area contributed by atoms with E-state index in [9.17, 15) is 19.6 Å². The van der Waals surface area contributed by atoms with Crippen LogP contribution in [0, 0.1) is 26.7 Å². The Morgan fingerprint density at radius 3 is 2.25 bits per heavy atom. The van der Waals surface area contributed by atoms with Gasteiger partial charge in [0.2, 0.25) is 0 Å². The zero-order valence-corrected chi connectivity index (χ0v) is 22.7. The highest BCUT2D eigenvalue weighted by molar-refractivity contribution is 5.86. The van der Waals surface area contributed by atoms with Crippen LogP contribution in [0.25, 0.3) is 0 Å². The second-order valence-corrected chi connectivity index (χ2v) is 11.6. The number of benzene rings is 1. The molecule has 0 saturated carbocycles. The lowest BCUT2D eigenvalue weighted by molar-refractivity contribution is -0.196. The Balaban J connectivity index is 1.76. The summed E-state index contributed by atoms with van der Waals surface area (Å²) >= 11 is 0. The molecule has 1 fully saturated rings. The largest absolute Gasteiger partial charge is 0.481 e. The number of fused-ring (bicyclic) bond motifs is 1. The van der Waals surface area contributed by atoms with E-state index in [4.69, 9.17) is 14.6 Å². The van der Waals surface area contributed by atoms with Crippen molar-refractivity contribution in [3.8, 4) is 11.5 Å². The van der Waals surface area contributed by atoms with Crippen molar-refractivity contribution >= 4 is 17.8 Å². The highest BCUT2D eigenvalue weighted by atomic mass is 16.5. The lowest BCUT2D eigenvalue weighted by atomic mass is 9.85. The number of nitrogens with zero attached hydrogens (tertiary/aromatic N) is 1. The molecule has 9 heteroatoms. The first-order valence-electron chi connectivity index (χ1n) is 12.5. The van der Waals surface area contributed by atoms with Gasteiger partial charge in [-0.3, -0.25) is 14.4 Å². The summed E-state index contributed by atoms with van der Waals surface area (Å²) < 4.78 is 11.9. The Morgan fingerprint density at radius 1 is 1.06 bits per heavy atom. The Morgan fingerprint density at radius 2 is 1.69 bits per heavy atom. The third kappa shape index (κ3) is 5.09. The second kappa shape index (κ2) is 9.67. The van der Waals surface area contributed by atoms with E-state index in [1.807, 2.05) is 48.5 Å². The molecule has 1 aromatic carbocycles. The summed E-state index contributed by atoms with van der Waals surface area (Å²) in [6.07, 6.45) is 1.28. The number of amides is 1. The van der Waals surface area contributed by atoms with Crippen LogP contribution in [0.2, 0.25) is 0 Å². The molecule has 0 aromatic heterocycles. The predicted octanol–water partition coefficient (Wildman–Crippen LogP) is 3.85. The van der Waals surface area contributed by atoms with E-state index in [0.29, 0.717) is 30.9 Å². The number of nitrogens with one attached hydrogen (secondary N) is 1. The zero-order chi connectivity index (χ0) is 27.2. The molecule has 0 radical (unpaired) electrons. The molecular formula is C27H40N2O7. The number of hydrogen-bond acceptors (Lipinski definition) is 7. The summed E-state index contributed by atoms with van der Waals surface area (Å²) in [6.45, 7) is 15.7. The van der Waals surface area contributed by atoms with Gasteiger partial charge in [-0.05, 0) is 90.8 Å². The molecule has 0 spiro atoms. The van der Waals surface area contributed by atoms with Crippen LogP contribution >= 0.6 is 0 Å². The third-order valence-electron chi connectivity index (χ3n) is 8.10. The van der Waals surface area contributed by atoms with Crippen molar-refractivity contribution in [2.75, 3.05) is 6.54 Å². The summed E-state index contributed by atoms with van der Waals surface area (Å²) in [6, 6.07) is 0. The lowest BCUT2D eigenvalue weighted by Crippen LogP contribution is -2.53. The van der Waals surface area contributed by atoms with Gasteiger partial charge in [-0.15, -0.1) is 0 Å². The fourth-order valence-corrected chi connectivity index (χ4v) is 5.54. The molecule has 3 N–H and O–H groups in total. The maximum Gasteiger partial charge on any atom is 0.311 e. The average Bonchev–Trinajstić information content (AvgIpc) is 2.95. The van der Waals surface area contributed by atoms with Crippen molar-refractivity contribution in [2.24, 2.45) is 5.92 Å². The van der Waals surface area contributed by atoms with Gasteiger partial charge in [0.25, 0.3) is 5.91 Å². The third-order valence-corrected chi connectivity index (χ3v) is 8.10. The highest BCUT2D eigenvalue weighted by Gasteiger charge is 2.51. The Hall–Kier alpha value is -2.65. The van der Waals surface area contributed by atoms with Crippen molar-refractivity contribution in [3.63, 3.8) is 0 Å². The molecule has 1 amide bonds. The number of carbonyl (C=O) groups excluding carboxylic acids is 2. The van der Waals surface area contributed by atoms with Gasteiger partial charge in [0, 0.05) is 29.6 Å². The van der Waals surface area contributed by atoms with Gasteiger partial charge in [0.1, 0.15) is 11.5 Å². The Bertz CT molecular complexity index is 1080. The molecule has 2 aliphatic heterocycles. The van der Waals surface area contributed by atoms with Crippen LogP contribution in [0.5, 0.6) is 11.5 Å². The average molecular weight is 505 g/mol. The van der Waals surface area contributed by atoms with Crippen LogP contribution in [0.15, 0.2) is 0 Å². The Kier molecular flexibility index (Phi) is 7.50. The van der Waals surface area contributed by atoms with Gasteiger partial charge < -0.3 is 25.1 Å². The van der Waals surface area contributed by atoms with Crippen molar-refractivity contribution in [1.29, 1.82) is 0 Å². The number of carbonyl (C=O) groups is 3. The number of aliphatic carboxylic acids is 1. The number of hydrogen-bond donors (Lipinski definition) is 3. The summed E-state index contributed by atoms with van der Waals surface area (Å²) in [5.41, 5.74) is 1.25. The molecule has 2 aliphatic rings. The van der Waals surface area contributed by atoms with Crippen LogP contribution in [0.1, 0.15) is 82.6 Å². The Labute approximate surface area is 213 Å². The topological polar surface area (TPSA) is 125 Å². The van der Waals surface area contributed by atoms with Gasteiger partial charge >= 0.3 is 11.9 Å². The molecule has 200 valence electrons. The van der Waals surface area contributed by atoms with E-state index in [2.05, 4.69) is 5.32 Å². The molecular weight excluding hydrogens is 464 g/mol. The van der Waals surface area contributed by atoms with Gasteiger partial charge in [-0.2, -0.15) is 5.06 Å². The molecule has 2 heterocycles. The van der Waals surface area contributed by atoms with Gasteiger partial charge in [-0.25, -0.2) is 0 Å². The number of esters is 1. The highest BCUT2D eigenvalue weighted by Crippen LogP contribution is 2.45. The van der Waals surface area contributed by atoms with Crippen LogP contribution in [0.3, 0.4) is 0 Å². The lowest BCUT2D eigenvalue weighted by Gasteiger charge is -2.38. The zero-order valence-electron chi connectivity index (χ0n) is 22.7. The maximum atomic E-state index is 13.3. The molecule has 1 aromatic rings. The number of ether oxygens (including phenoxy) is 2. The first-order valence-corrected chi connectivity index (χ1v) is 12.5. The van der Waals surface area contributed by atoms with Crippen molar-refractivity contribution in [1.82, 2.24) is 10.4 Å². The fourth-order valence-electron chi connectivity index (χ4n) is 5.54. The van der Waals surface area contributed by atoms with Crippen molar-refractivity contribution in [3.05, 3.63) is 22.3 Å². The van der Waals surface area contributed by atoms with Crippen molar-refractivity contribution < 1.29 is 34.2 Å². The van der Waals surface area contributed by atoms with E-state index >= 15 is 0 Å². The number of carboxylic acids is 1. The van der Waals surface area contributed by atoms with Crippen LogP contribution < -0.4 is 14.8 Å². The molecule has 2 unspecified atom stereocenters. The SMILES string of the molecule is Cc1c(C)c2c(c(C)c1OC(=O)CCC(=O)O)CCC(C)(C(=O)NCC1CC(C)(C)N(O)C1(C)C)O2. The molecule has 36 heavy (non-hydrogen) atoms. The normalized spacial score (nSPS) is 24.5. The first-order chi connectivity index (χ1) is 16.5. The maximum absolute atomic E-state index is 13.3. The summed E-state index contributed by atoms with van der Waals surface area (Å²) in [7, 11) is 0. The van der Waals surface area contributed by atoms with Crippen LogP contribution in [0.4, 0.5) is 0 Å². The predicted molar refractivity (Wildman–Crippen MR) is 133 cm³/mol. The summed E-state index contributed by atoms with van der Waals surface area (Å²) in [5.74, 6) is -0.714. The smallest absolute Gasteiger partial charge is 0.311 e. The fraction of sp³-hybridized carbons (Fsp3) is 0.667.